The minimum absolute atomic E-state index is 0.0205. The molecule has 1 N–H and O–H groups in total. The number of carbonyl (C=O) groups is 1. The van der Waals surface area contributed by atoms with Crippen molar-refractivity contribution in [1.82, 2.24) is 0 Å². The van der Waals surface area contributed by atoms with Crippen LogP contribution in [0.1, 0.15) is 15.9 Å². The average molecular weight is 279 g/mol. The molecule has 4 heteroatoms. The first-order valence-electron chi connectivity index (χ1n) is 6.46. The number of benzene rings is 2. The van der Waals surface area contributed by atoms with Gasteiger partial charge >= 0.3 is 0 Å². The van der Waals surface area contributed by atoms with Crippen molar-refractivity contribution >= 4 is 23.4 Å². The number of fused-ring (bicyclic) bond motifs is 1. The van der Waals surface area contributed by atoms with Gasteiger partial charge in [0.15, 0.2) is 5.78 Å². The van der Waals surface area contributed by atoms with Crippen LogP contribution in [0.5, 0.6) is 5.75 Å². The van der Waals surface area contributed by atoms with Crippen LogP contribution in [-0.4, -0.2) is 24.2 Å². The molecule has 104 valence electrons. The van der Waals surface area contributed by atoms with Gasteiger partial charge in [-0.3, -0.25) is 9.79 Å². The predicted octanol–water partition coefficient (Wildman–Crippen LogP) is 3.56. The van der Waals surface area contributed by atoms with Crippen molar-refractivity contribution < 1.29 is 14.6 Å². The third-order valence-electron chi connectivity index (χ3n) is 3.34. The van der Waals surface area contributed by atoms with Crippen LogP contribution in [-0.2, 0) is 0 Å². The van der Waals surface area contributed by atoms with E-state index in [0.717, 1.165) is 5.75 Å². The highest BCUT2D eigenvalue weighted by Crippen LogP contribution is 2.30. The number of ketones is 1. The van der Waals surface area contributed by atoms with Crippen LogP contribution < -0.4 is 4.74 Å². The lowest BCUT2D eigenvalue weighted by atomic mass is 10.1. The molecule has 3 rings (SSSR count). The third-order valence-corrected chi connectivity index (χ3v) is 3.34. The van der Waals surface area contributed by atoms with Gasteiger partial charge in [0, 0.05) is 17.3 Å². The number of aliphatic hydroxyl groups excluding tert-OH is 1. The van der Waals surface area contributed by atoms with E-state index in [1.54, 1.807) is 55.6 Å². The van der Waals surface area contributed by atoms with Crippen LogP contribution in [0.25, 0.3) is 5.76 Å². The van der Waals surface area contributed by atoms with Crippen LogP contribution in [0.3, 0.4) is 0 Å². The Morgan fingerprint density at radius 2 is 1.71 bits per heavy atom. The number of carbonyl (C=O) groups excluding carboxylic acids is 1. The van der Waals surface area contributed by atoms with Crippen LogP contribution in [0.15, 0.2) is 59.1 Å². The van der Waals surface area contributed by atoms with Crippen molar-refractivity contribution in [2.45, 2.75) is 0 Å². The van der Waals surface area contributed by atoms with E-state index in [-0.39, 0.29) is 17.1 Å². The maximum Gasteiger partial charge on any atom is 0.199 e. The second-order valence-electron chi connectivity index (χ2n) is 4.59. The van der Waals surface area contributed by atoms with Crippen molar-refractivity contribution in [3.8, 4) is 5.75 Å². The number of hydrogen-bond acceptors (Lipinski definition) is 4. The molecule has 1 aliphatic rings. The van der Waals surface area contributed by atoms with Gasteiger partial charge in [-0.1, -0.05) is 24.3 Å². The van der Waals surface area contributed by atoms with Gasteiger partial charge in [0.1, 0.15) is 11.5 Å². The van der Waals surface area contributed by atoms with E-state index in [1.807, 2.05) is 0 Å². The molecule has 4 nitrogen and oxygen atoms in total. The number of Topliss-reactive ketones (excluding diaryl/α,β-unsaturated/α-hetero) is 1. The molecule has 0 radical (unpaired) electrons. The number of nitrogens with zero attached hydrogens (tertiary/aromatic N) is 1. The lowest BCUT2D eigenvalue weighted by molar-refractivity contribution is 0.104. The quantitative estimate of drug-likeness (QED) is 0.874. The molecule has 0 amide bonds. The summed E-state index contributed by atoms with van der Waals surface area (Å²) in [6.07, 6.45) is 1.40. The van der Waals surface area contributed by atoms with Crippen molar-refractivity contribution in [2.24, 2.45) is 4.99 Å². The highest BCUT2D eigenvalue weighted by atomic mass is 16.5. The summed E-state index contributed by atoms with van der Waals surface area (Å²) in [4.78, 5) is 16.4. The zero-order valence-corrected chi connectivity index (χ0v) is 11.4. The molecule has 0 bridgehead atoms. The van der Waals surface area contributed by atoms with Crippen LogP contribution in [0.4, 0.5) is 5.69 Å². The smallest absolute Gasteiger partial charge is 0.199 e. The van der Waals surface area contributed by atoms with Gasteiger partial charge in [0.2, 0.25) is 0 Å². The SMILES string of the molecule is COc1ccc(N=CC2=C(O)c3ccccc3C2=O)cc1. The molecule has 1 aliphatic carbocycles. The van der Waals surface area contributed by atoms with E-state index in [1.165, 1.54) is 6.21 Å². The maximum absolute atomic E-state index is 12.2. The number of methoxy groups -OCH3 is 1. The molecular weight excluding hydrogens is 266 g/mol. The van der Waals surface area contributed by atoms with Crippen LogP contribution in [0.2, 0.25) is 0 Å². The number of allylic oxidation sites excluding steroid dienone is 1. The summed E-state index contributed by atoms with van der Waals surface area (Å²) < 4.78 is 5.07. The van der Waals surface area contributed by atoms with E-state index in [9.17, 15) is 9.90 Å². The summed E-state index contributed by atoms with van der Waals surface area (Å²) in [6.45, 7) is 0. The normalized spacial score (nSPS) is 13.9. The van der Waals surface area contributed by atoms with Crippen LogP contribution >= 0.6 is 0 Å². The highest BCUT2D eigenvalue weighted by molar-refractivity contribution is 6.30. The van der Waals surface area contributed by atoms with Crippen molar-refractivity contribution in [1.29, 1.82) is 0 Å². The summed E-state index contributed by atoms with van der Waals surface area (Å²) in [6, 6.07) is 14.1. The zero-order chi connectivity index (χ0) is 14.8. The highest BCUT2D eigenvalue weighted by Gasteiger charge is 2.27. The molecule has 0 fully saturated rings. The molecule has 0 unspecified atom stereocenters. The molecule has 2 aromatic carbocycles. The van der Waals surface area contributed by atoms with Crippen molar-refractivity contribution in [2.75, 3.05) is 7.11 Å². The predicted molar refractivity (Wildman–Crippen MR) is 81.5 cm³/mol. The van der Waals surface area contributed by atoms with E-state index in [2.05, 4.69) is 4.99 Å². The molecule has 0 saturated heterocycles. The Kier molecular flexibility index (Phi) is 3.28. The van der Waals surface area contributed by atoms with Crippen molar-refractivity contribution in [3.05, 3.63) is 65.2 Å². The average Bonchev–Trinajstić information content (AvgIpc) is 2.78. The minimum Gasteiger partial charge on any atom is -0.506 e. The number of aliphatic imine (C=N–C) groups is 1. The Morgan fingerprint density at radius 3 is 2.33 bits per heavy atom. The molecule has 0 aliphatic heterocycles. The molecule has 0 aromatic heterocycles. The lowest BCUT2D eigenvalue weighted by Crippen LogP contribution is -1.99. The van der Waals surface area contributed by atoms with E-state index in [4.69, 9.17) is 4.74 Å². The van der Waals surface area contributed by atoms with Crippen molar-refractivity contribution in [3.63, 3.8) is 0 Å². The monoisotopic (exact) mass is 279 g/mol. The van der Waals surface area contributed by atoms with E-state index < -0.39 is 0 Å². The topological polar surface area (TPSA) is 58.9 Å². The van der Waals surface area contributed by atoms with Gasteiger partial charge in [0.05, 0.1) is 18.4 Å². The molecule has 0 atom stereocenters. The number of hydrogen-bond donors (Lipinski definition) is 1. The fraction of sp³-hybridized carbons (Fsp3) is 0.0588. The molecule has 2 aromatic rings. The zero-order valence-electron chi connectivity index (χ0n) is 11.4. The first-order chi connectivity index (χ1) is 10.2. The summed E-state index contributed by atoms with van der Waals surface area (Å²) in [7, 11) is 1.59. The summed E-state index contributed by atoms with van der Waals surface area (Å²) in [5, 5.41) is 10.1. The Labute approximate surface area is 122 Å². The summed E-state index contributed by atoms with van der Waals surface area (Å²) in [5.74, 6) is 0.508. The summed E-state index contributed by atoms with van der Waals surface area (Å²) in [5.41, 5.74) is 1.96. The lowest BCUT2D eigenvalue weighted by Gasteiger charge is -1.99. The van der Waals surface area contributed by atoms with Gasteiger partial charge in [-0.25, -0.2) is 0 Å². The Hall–Kier alpha value is -2.88. The molecule has 0 heterocycles. The molecule has 0 saturated carbocycles. The van der Waals surface area contributed by atoms with E-state index >= 15 is 0 Å². The Bertz CT molecular complexity index is 758. The molecule has 0 spiro atoms. The molecule has 21 heavy (non-hydrogen) atoms. The van der Waals surface area contributed by atoms with Gasteiger partial charge in [0.25, 0.3) is 0 Å². The summed E-state index contributed by atoms with van der Waals surface area (Å²) >= 11 is 0. The number of rotatable bonds is 3. The fourth-order valence-corrected chi connectivity index (χ4v) is 2.21. The second kappa shape index (κ2) is 5.25. The largest absolute Gasteiger partial charge is 0.506 e. The van der Waals surface area contributed by atoms with Crippen LogP contribution in [0, 0.1) is 0 Å². The maximum atomic E-state index is 12.2. The number of ether oxygens (including phenoxy) is 1. The first kappa shape index (κ1) is 13.1. The Balaban J connectivity index is 1.90. The first-order valence-corrected chi connectivity index (χ1v) is 6.46. The number of aliphatic hydroxyl groups is 1. The minimum atomic E-state index is -0.208. The van der Waals surface area contributed by atoms with Gasteiger partial charge < -0.3 is 9.84 Å². The van der Waals surface area contributed by atoms with Gasteiger partial charge in [-0.2, -0.15) is 0 Å². The van der Waals surface area contributed by atoms with Gasteiger partial charge in [-0.05, 0) is 24.3 Å². The Morgan fingerprint density at radius 1 is 1.05 bits per heavy atom. The second-order valence-corrected chi connectivity index (χ2v) is 4.59. The third kappa shape index (κ3) is 2.31. The molecular formula is C17H13NO3. The van der Waals surface area contributed by atoms with E-state index in [0.29, 0.717) is 16.8 Å². The fourth-order valence-electron chi connectivity index (χ4n) is 2.21. The van der Waals surface area contributed by atoms with Gasteiger partial charge in [-0.15, -0.1) is 0 Å². The standard InChI is InChI=1S/C17H13NO3/c1-21-12-8-6-11(7-9-12)18-10-15-16(19)13-4-2-3-5-14(13)17(15)20/h2-10,19H,1H3.